The molecule has 2 aromatic carbocycles. The third kappa shape index (κ3) is 6.59. The molecule has 0 radical (unpaired) electrons. The number of nitrogens with zero attached hydrogens (tertiary/aromatic N) is 6. The first-order valence-electron chi connectivity index (χ1n) is 11.5. The van der Waals surface area contributed by atoms with E-state index in [0.29, 0.717) is 21.3 Å². The molecule has 2 unspecified atom stereocenters. The Morgan fingerprint density at radius 3 is 2.38 bits per heavy atom. The van der Waals surface area contributed by atoms with Gasteiger partial charge >= 0.3 is 11.9 Å². The van der Waals surface area contributed by atoms with Gasteiger partial charge in [0.05, 0.1) is 23.4 Å². The fourth-order valence-corrected chi connectivity index (χ4v) is 3.89. The van der Waals surface area contributed by atoms with E-state index in [1.54, 1.807) is 24.3 Å². The van der Waals surface area contributed by atoms with E-state index >= 15 is 0 Å². The number of aliphatic hydroxyl groups excluding tert-OH is 2. The number of rotatable bonds is 10. The van der Waals surface area contributed by atoms with Gasteiger partial charge in [0.1, 0.15) is 6.54 Å². The first kappa shape index (κ1) is 28.6. The molecular weight excluding hydrogens is 564 g/mol. The molecule has 11 nitrogen and oxygen atoms in total. The van der Waals surface area contributed by atoms with Crippen LogP contribution in [0.5, 0.6) is 0 Å². The quantitative estimate of drug-likeness (QED) is 0.221. The first-order valence-corrected chi connectivity index (χ1v) is 12.2. The fraction of sp³-hybridized carbons (Fsp3) is 0.304. The number of para-hydroxylation sites is 1. The van der Waals surface area contributed by atoms with Crippen molar-refractivity contribution in [1.29, 1.82) is 0 Å². The number of alkyl halides is 3. The number of aromatic nitrogens is 6. The smallest absolute Gasteiger partial charge is 0.390 e. The molecule has 16 heteroatoms. The van der Waals surface area contributed by atoms with Crippen molar-refractivity contribution >= 4 is 29.2 Å². The highest BCUT2D eigenvalue weighted by Crippen LogP contribution is 2.25. The molecule has 0 saturated carbocycles. The molecule has 0 saturated heterocycles. The van der Waals surface area contributed by atoms with Crippen LogP contribution in [0.2, 0.25) is 10.0 Å². The van der Waals surface area contributed by atoms with Crippen molar-refractivity contribution in [3.63, 3.8) is 0 Å². The molecule has 0 fully saturated rings. The third-order valence-corrected chi connectivity index (χ3v) is 6.12. The maximum absolute atomic E-state index is 13.2. The van der Waals surface area contributed by atoms with Crippen molar-refractivity contribution in [2.75, 3.05) is 18.4 Å². The Labute approximate surface area is 229 Å². The maximum Gasteiger partial charge on any atom is 0.416 e. The third-order valence-electron chi connectivity index (χ3n) is 5.55. The lowest BCUT2D eigenvalue weighted by Crippen LogP contribution is -2.37. The highest BCUT2D eigenvalue weighted by Gasteiger charge is 2.39. The molecule has 208 valence electrons. The molecule has 39 heavy (non-hydrogen) atoms. The molecule has 0 spiro atoms. The van der Waals surface area contributed by atoms with Gasteiger partial charge in [-0.2, -0.15) is 22.8 Å². The second-order valence-electron chi connectivity index (χ2n) is 8.42. The Kier molecular flexibility index (Phi) is 8.61. The Hall–Kier alpha value is -3.43. The predicted molar refractivity (Wildman–Crippen MR) is 138 cm³/mol. The summed E-state index contributed by atoms with van der Waals surface area (Å²) in [5, 5.41) is 31.8. The molecule has 0 aliphatic rings. The summed E-state index contributed by atoms with van der Waals surface area (Å²) in [6.45, 7) is -1.39. The van der Waals surface area contributed by atoms with E-state index in [1.807, 2.05) is 0 Å². The second-order valence-corrected chi connectivity index (χ2v) is 9.27. The van der Waals surface area contributed by atoms with E-state index in [4.69, 9.17) is 28.9 Å². The van der Waals surface area contributed by atoms with E-state index in [-0.39, 0.29) is 37.2 Å². The van der Waals surface area contributed by atoms with Gasteiger partial charge in [-0.25, -0.2) is 9.48 Å². The van der Waals surface area contributed by atoms with Crippen molar-refractivity contribution in [1.82, 2.24) is 29.1 Å². The van der Waals surface area contributed by atoms with Crippen LogP contribution in [0, 0.1) is 0 Å². The normalized spacial score (nSPS) is 13.4. The van der Waals surface area contributed by atoms with E-state index in [9.17, 15) is 28.2 Å². The van der Waals surface area contributed by atoms with Gasteiger partial charge < -0.3 is 21.3 Å². The summed E-state index contributed by atoms with van der Waals surface area (Å²) in [6, 6.07) is 12.7. The standard InChI is InChI=1S/C23H23Cl2F3N8O3/c24-14-7-5-13(6-8-14)20-33-35(22(39)34(20)11-18(38)23(26,27)28)12-19-31-21(30-10-15(37)9-29)36(32-19)17-4-2-1-3-16(17)25/h1-8,15,18,37-38H,9-12,29H2,(H,30,31,32). The molecule has 2 atom stereocenters. The van der Waals surface area contributed by atoms with Crippen LogP contribution < -0.4 is 16.7 Å². The Morgan fingerprint density at radius 2 is 1.74 bits per heavy atom. The lowest BCUT2D eigenvalue weighted by atomic mass is 10.2. The zero-order valence-corrected chi connectivity index (χ0v) is 21.6. The number of nitrogens with two attached hydrogens (primary N) is 1. The van der Waals surface area contributed by atoms with Crippen LogP contribution >= 0.6 is 23.2 Å². The van der Waals surface area contributed by atoms with E-state index < -0.39 is 30.6 Å². The Balaban J connectivity index is 1.75. The molecule has 2 heterocycles. The monoisotopic (exact) mass is 586 g/mol. The van der Waals surface area contributed by atoms with Crippen molar-refractivity contribution in [3.05, 3.63) is 74.9 Å². The Morgan fingerprint density at radius 1 is 1.05 bits per heavy atom. The zero-order chi connectivity index (χ0) is 28.3. The average Bonchev–Trinajstić information content (AvgIpc) is 3.43. The van der Waals surface area contributed by atoms with E-state index in [0.717, 1.165) is 9.25 Å². The number of benzene rings is 2. The molecule has 5 N–H and O–H groups in total. The van der Waals surface area contributed by atoms with Gasteiger partial charge in [0.25, 0.3) is 0 Å². The van der Waals surface area contributed by atoms with Crippen LogP contribution in [-0.4, -0.2) is 70.8 Å². The molecular formula is C23H23Cl2F3N8O3. The Bertz CT molecular complexity index is 1490. The number of nitrogens with one attached hydrogen (secondary N) is 1. The molecule has 0 bridgehead atoms. The van der Waals surface area contributed by atoms with Crippen molar-refractivity contribution in [2.45, 2.75) is 31.5 Å². The molecule has 0 aliphatic carbocycles. The van der Waals surface area contributed by atoms with Crippen LogP contribution in [0.1, 0.15) is 5.82 Å². The summed E-state index contributed by atoms with van der Waals surface area (Å²) in [4.78, 5) is 17.5. The molecule has 0 aliphatic heterocycles. The summed E-state index contributed by atoms with van der Waals surface area (Å²) in [5.41, 5.74) is 5.29. The number of anilines is 1. The average molecular weight is 587 g/mol. The van der Waals surface area contributed by atoms with Gasteiger partial charge in [-0.1, -0.05) is 35.3 Å². The molecule has 4 rings (SSSR count). The van der Waals surface area contributed by atoms with Gasteiger partial charge in [-0.15, -0.1) is 10.2 Å². The summed E-state index contributed by atoms with van der Waals surface area (Å²) < 4.78 is 42.4. The van der Waals surface area contributed by atoms with E-state index in [1.165, 1.54) is 28.9 Å². The number of aliphatic hydroxyl groups is 2. The number of hydrogen-bond donors (Lipinski definition) is 4. The predicted octanol–water partition coefficient (Wildman–Crippen LogP) is 2.30. The zero-order valence-electron chi connectivity index (χ0n) is 20.1. The van der Waals surface area contributed by atoms with E-state index in [2.05, 4.69) is 20.5 Å². The largest absolute Gasteiger partial charge is 0.416 e. The summed E-state index contributed by atoms with van der Waals surface area (Å²) in [6.07, 6.45) is -8.64. The van der Waals surface area contributed by atoms with Gasteiger partial charge in [0.2, 0.25) is 5.95 Å². The highest BCUT2D eigenvalue weighted by molar-refractivity contribution is 6.32. The number of hydrogen-bond acceptors (Lipinski definition) is 8. The summed E-state index contributed by atoms with van der Waals surface area (Å²) >= 11 is 12.2. The topological polar surface area (TPSA) is 149 Å². The summed E-state index contributed by atoms with van der Waals surface area (Å²) in [7, 11) is 0. The van der Waals surface area contributed by atoms with Crippen LogP contribution in [0.25, 0.3) is 17.1 Å². The van der Waals surface area contributed by atoms with Gasteiger partial charge in [0.15, 0.2) is 17.8 Å². The minimum absolute atomic E-state index is 0.00975. The second kappa shape index (κ2) is 11.8. The molecule has 4 aromatic rings. The van der Waals surface area contributed by atoms with Crippen molar-refractivity contribution in [2.24, 2.45) is 5.73 Å². The molecule has 0 amide bonds. The van der Waals surface area contributed by atoms with Gasteiger partial charge in [0, 0.05) is 23.7 Å². The van der Waals surface area contributed by atoms with Crippen LogP contribution in [0.4, 0.5) is 19.1 Å². The minimum Gasteiger partial charge on any atom is -0.390 e. The van der Waals surface area contributed by atoms with Gasteiger partial charge in [-0.3, -0.25) is 4.57 Å². The fourth-order valence-electron chi connectivity index (χ4n) is 3.55. The SMILES string of the molecule is NCC(O)CNc1nc(Cn2nc(-c3ccc(Cl)cc3)n(CC(O)C(F)(F)F)c2=O)nn1-c1ccccc1Cl. The lowest BCUT2D eigenvalue weighted by Gasteiger charge is -2.15. The molecule has 2 aromatic heterocycles. The van der Waals surface area contributed by atoms with Crippen molar-refractivity contribution < 1.29 is 23.4 Å². The summed E-state index contributed by atoms with van der Waals surface area (Å²) in [5.74, 6) is 0.115. The van der Waals surface area contributed by atoms with Crippen LogP contribution in [-0.2, 0) is 13.1 Å². The highest BCUT2D eigenvalue weighted by atomic mass is 35.5. The number of halogens is 5. The van der Waals surface area contributed by atoms with Crippen molar-refractivity contribution in [3.8, 4) is 17.1 Å². The minimum atomic E-state index is -4.96. The van der Waals surface area contributed by atoms with Crippen LogP contribution in [0.3, 0.4) is 0 Å². The van der Waals surface area contributed by atoms with Gasteiger partial charge in [-0.05, 0) is 36.4 Å². The maximum atomic E-state index is 13.2. The van der Waals surface area contributed by atoms with Crippen LogP contribution in [0.15, 0.2) is 53.3 Å². The first-order chi connectivity index (χ1) is 18.5. The lowest BCUT2D eigenvalue weighted by molar-refractivity contribution is -0.207.